The molecule has 0 aromatic carbocycles. The van der Waals surface area contributed by atoms with Crippen LogP contribution in [0.5, 0.6) is 0 Å². The number of ether oxygens (including phenoxy) is 1. The van der Waals surface area contributed by atoms with Gasteiger partial charge in [0, 0.05) is 11.6 Å². The van der Waals surface area contributed by atoms with Crippen molar-refractivity contribution in [2.45, 2.75) is 13.5 Å². The quantitative estimate of drug-likeness (QED) is 0.735. The van der Waals surface area contributed by atoms with E-state index in [-0.39, 0.29) is 0 Å². The second-order valence-corrected chi connectivity index (χ2v) is 4.21. The number of fused-ring (bicyclic) bond motifs is 3. The van der Waals surface area contributed by atoms with Crippen molar-refractivity contribution >= 4 is 33.2 Å². The van der Waals surface area contributed by atoms with Crippen LogP contribution in [0.15, 0.2) is 16.9 Å². The van der Waals surface area contributed by atoms with Crippen LogP contribution in [0.3, 0.4) is 0 Å². The van der Waals surface area contributed by atoms with Crippen molar-refractivity contribution in [2.75, 3.05) is 0 Å². The molecule has 0 bridgehead atoms. The van der Waals surface area contributed by atoms with Crippen LogP contribution in [0.2, 0.25) is 0 Å². The van der Waals surface area contributed by atoms with Crippen LogP contribution in [0, 0.1) is 6.92 Å². The van der Waals surface area contributed by atoms with Crippen LogP contribution in [-0.4, -0.2) is 14.5 Å². The Morgan fingerprint density at radius 3 is 3.27 bits per heavy atom. The molecule has 76 valence electrons. The molecule has 0 fully saturated rings. The molecule has 2 aromatic heterocycles. The van der Waals surface area contributed by atoms with Crippen LogP contribution >= 0.6 is 15.9 Å². The number of halogens is 1. The van der Waals surface area contributed by atoms with E-state index in [0.717, 1.165) is 27.2 Å². The molecular formula is C10H8BrN3O. The molecule has 3 heterocycles. The Kier molecular flexibility index (Phi) is 1.82. The normalized spacial score (nSPS) is 14.7. The summed E-state index contributed by atoms with van der Waals surface area (Å²) in [5.41, 5.74) is 2.02. The van der Waals surface area contributed by atoms with Gasteiger partial charge in [-0.25, -0.2) is 9.97 Å². The fourth-order valence-corrected chi connectivity index (χ4v) is 2.00. The summed E-state index contributed by atoms with van der Waals surface area (Å²) in [6, 6.07) is 2.05. The number of hydrogen-bond acceptors (Lipinski definition) is 3. The van der Waals surface area contributed by atoms with E-state index in [1.165, 1.54) is 0 Å². The first kappa shape index (κ1) is 8.91. The van der Waals surface area contributed by atoms with E-state index >= 15 is 0 Å². The highest BCUT2D eigenvalue weighted by Gasteiger charge is 2.14. The number of rotatable bonds is 0. The minimum absolute atomic E-state index is 0.562. The molecule has 0 atom stereocenters. The molecule has 2 aromatic rings. The van der Waals surface area contributed by atoms with Gasteiger partial charge in [-0.05, 0) is 28.9 Å². The zero-order chi connectivity index (χ0) is 10.4. The van der Waals surface area contributed by atoms with Crippen molar-refractivity contribution in [3.05, 3.63) is 28.4 Å². The zero-order valence-electron chi connectivity index (χ0n) is 8.07. The number of nitrogens with zero attached hydrogens (tertiary/aromatic N) is 3. The second kappa shape index (κ2) is 3.06. The molecule has 0 spiro atoms. The van der Waals surface area contributed by atoms with Crippen molar-refractivity contribution in [2.24, 2.45) is 0 Å². The number of aryl methyl sites for hydroxylation is 1. The summed E-state index contributed by atoms with van der Waals surface area (Å²) in [5, 5.41) is 1.04. The smallest absolute Gasteiger partial charge is 0.179 e. The van der Waals surface area contributed by atoms with Gasteiger partial charge in [0.2, 0.25) is 0 Å². The first-order valence-electron chi connectivity index (χ1n) is 4.57. The lowest BCUT2D eigenvalue weighted by atomic mass is 10.4. The standard InChI is InChI=1S/C10H8BrN3O/c1-6-12-3-7-2-8-5-15-9(11)4-14(8)10(7)13-6/h2-4H,5H2,1H3. The lowest BCUT2D eigenvalue weighted by Gasteiger charge is -2.13. The molecule has 15 heavy (non-hydrogen) atoms. The van der Waals surface area contributed by atoms with Gasteiger partial charge in [-0.15, -0.1) is 0 Å². The fraction of sp³-hybridized carbons (Fsp3) is 0.200. The maximum atomic E-state index is 5.37. The third-order valence-electron chi connectivity index (χ3n) is 2.36. The van der Waals surface area contributed by atoms with Gasteiger partial charge in [0.05, 0.1) is 11.9 Å². The molecule has 0 N–H and O–H groups in total. The topological polar surface area (TPSA) is 39.9 Å². The summed E-state index contributed by atoms with van der Waals surface area (Å²) in [6.45, 7) is 2.45. The maximum Gasteiger partial charge on any atom is 0.179 e. The monoisotopic (exact) mass is 265 g/mol. The molecule has 0 saturated heterocycles. The van der Waals surface area contributed by atoms with E-state index in [2.05, 4.69) is 25.9 Å². The lowest BCUT2D eigenvalue weighted by Crippen LogP contribution is -2.04. The minimum Gasteiger partial charge on any atom is -0.479 e. The Hall–Kier alpha value is -1.36. The Bertz CT molecular complexity index is 573. The maximum absolute atomic E-state index is 5.37. The van der Waals surface area contributed by atoms with Gasteiger partial charge in [-0.3, -0.25) is 4.57 Å². The van der Waals surface area contributed by atoms with Crippen LogP contribution in [0.4, 0.5) is 0 Å². The fourth-order valence-electron chi connectivity index (χ4n) is 1.68. The SMILES string of the molecule is Cc1ncc2cc3n(c2n1)C=C(Br)OC3. The molecule has 5 heteroatoms. The molecule has 0 saturated carbocycles. The van der Waals surface area contributed by atoms with E-state index in [4.69, 9.17) is 4.74 Å². The number of hydrogen-bond donors (Lipinski definition) is 0. The molecule has 1 aliphatic heterocycles. The molecule has 3 rings (SSSR count). The molecule has 0 unspecified atom stereocenters. The van der Waals surface area contributed by atoms with Crippen LogP contribution in [0.1, 0.15) is 11.5 Å². The van der Waals surface area contributed by atoms with Crippen molar-refractivity contribution in [1.82, 2.24) is 14.5 Å². The van der Waals surface area contributed by atoms with Crippen LogP contribution in [-0.2, 0) is 11.3 Å². The predicted molar refractivity (Wildman–Crippen MR) is 60.3 cm³/mol. The summed E-state index contributed by atoms with van der Waals surface area (Å²) in [4.78, 5) is 8.59. The molecule has 0 amide bonds. The molecule has 0 aliphatic carbocycles. The Balaban J connectivity index is 2.36. The number of aromatic nitrogens is 3. The van der Waals surface area contributed by atoms with Crippen LogP contribution in [0.25, 0.3) is 17.2 Å². The average Bonchev–Trinajstić information content (AvgIpc) is 2.56. The second-order valence-electron chi connectivity index (χ2n) is 3.42. The van der Waals surface area contributed by atoms with E-state index < -0.39 is 0 Å². The summed E-state index contributed by atoms with van der Waals surface area (Å²) < 4.78 is 8.12. The van der Waals surface area contributed by atoms with E-state index in [9.17, 15) is 0 Å². The first-order valence-corrected chi connectivity index (χ1v) is 5.37. The largest absolute Gasteiger partial charge is 0.479 e. The van der Waals surface area contributed by atoms with Gasteiger partial charge >= 0.3 is 0 Å². The third-order valence-corrected chi connectivity index (χ3v) is 2.80. The van der Waals surface area contributed by atoms with Gasteiger partial charge in [-0.2, -0.15) is 0 Å². The van der Waals surface area contributed by atoms with Crippen molar-refractivity contribution in [1.29, 1.82) is 0 Å². The highest BCUT2D eigenvalue weighted by molar-refractivity contribution is 9.11. The Morgan fingerprint density at radius 2 is 2.40 bits per heavy atom. The van der Waals surface area contributed by atoms with Crippen molar-refractivity contribution in [3.63, 3.8) is 0 Å². The highest BCUT2D eigenvalue weighted by atomic mass is 79.9. The van der Waals surface area contributed by atoms with Crippen molar-refractivity contribution < 1.29 is 4.74 Å². The van der Waals surface area contributed by atoms with E-state index in [1.807, 2.05) is 30.0 Å². The van der Waals surface area contributed by atoms with E-state index in [0.29, 0.717) is 6.61 Å². The third kappa shape index (κ3) is 1.34. The Labute approximate surface area is 94.7 Å². The zero-order valence-corrected chi connectivity index (χ0v) is 9.65. The van der Waals surface area contributed by atoms with Crippen LogP contribution < -0.4 is 0 Å². The summed E-state index contributed by atoms with van der Waals surface area (Å²) in [6.07, 6.45) is 3.72. The minimum atomic E-state index is 0.562. The molecular weight excluding hydrogens is 258 g/mol. The highest BCUT2D eigenvalue weighted by Crippen LogP contribution is 2.25. The van der Waals surface area contributed by atoms with Gasteiger partial charge in [-0.1, -0.05) is 0 Å². The lowest BCUT2D eigenvalue weighted by molar-refractivity contribution is 0.217. The van der Waals surface area contributed by atoms with Gasteiger partial charge in [0.15, 0.2) is 4.67 Å². The summed E-state index contributed by atoms with van der Waals surface area (Å²) in [5.74, 6) is 0.777. The molecule has 4 nitrogen and oxygen atoms in total. The van der Waals surface area contributed by atoms with Gasteiger partial charge in [0.1, 0.15) is 18.1 Å². The molecule has 1 aliphatic rings. The Morgan fingerprint density at radius 1 is 1.53 bits per heavy atom. The van der Waals surface area contributed by atoms with E-state index in [1.54, 1.807) is 0 Å². The van der Waals surface area contributed by atoms with Gasteiger partial charge in [0.25, 0.3) is 0 Å². The average molecular weight is 266 g/mol. The van der Waals surface area contributed by atoms with Gasteiger partial charge < -0.3 is 4.74 Å². The first-order chi connectivity index (χ1) is 7.24. The molecule has 0 radical (unpaired) electrons. The summed E-state index contributed by atoms with van der Waals surface area (Å²) >= 11 is 3.32. The predicted octanol–water partition coefficient (Wildman–Crippen LogP) is 2.42. The van der Waals surface area contributed by atoms with Crippen molar-refractivity contribution in [3.8, 4) is 0 Å². The summed E-state index contributed by atoms with van der Waals surface area (Å²) in [7, 11) is 0.